The standard InChI is InChI=1S/C13H9N5O2/c14-5-9-11(7-1-3-8(19)4-2-7)10(6-15)13(20)18(17)12(9)16/h1-4,19H,16-17H2. The summed E-state index contributed by atoms with van der Waals surface area (Å²) >= 11 is 0. The van der Waals surface area contributed by atoms with Crippen LogP contribution in [0, 0.1) is 22.7 Å². The molecule has 0 atom stereocenters. The van der Waals surface area contributed by atoms with Crippen LogP contribution >= 0.6 is 0 Å². The van der Waals surface area contributed by atoms with Crippen LogP contribution in [0.5, 0.6) is 5.75 Å². The Morgan fingerprint density at radius 3 is 2.15 bits per heavy atom. The first-order chi connectivity index (χ1) is 9.51. The Morgan fingerprint density at radius 1 is 1.10 bits per heavy atom. The lowest BCUT2D eigenvalue weighted by Gasteiger charge is -2.12. The maximum Gasteiger partial charge on any atom is 0.289 e. The van der Waals surface area contributed by atoms with Crippen LogP contribution < -0.4 is 17.1 Å². The first-order valence-corrected chi connectivity index (χ1v) is 5.44. The summed E-state index contributed by atoms with van der Waals surface area (Å²) < 4.78 is 0.570. The largest absolute Gasteiger partial charge is 0.508 e. The van der Waals surface area contributed by atoms with Gasteiger partial charge in [0.2, 0.25) is 0 Å². The molecule has 1 aromatic carbocycles. The van der Waals surface area contributed by atoms with Crippen LogP contribution in [0.25, 0.3) is 11.1 Å². The summed E-state index contributed by atoms with van der Waals surface area (Å²) in [6, 6.07) is 9.29. The Labute approximate surface area is 113 Å². The molecule has 5 N–H and O–H groups in total. The normalized spacial score (nSPS) is 9.70. The average Bonchev–Trinajstić information content (AvgIpc) is 2.45. The van der Waals surface area contributed by atoms with Gasteiger partial charge >= 0.3 is 0 Å². The summed E-state index contributed by atoms with van der Waals surface area (Å²) in [5.41, 5.74) is 5.05. The molecule has 0 radical (unpaired) electrons. The van der Waals surface area contributed by atoms with Crippen molar-refractivity contribution in [2.45, 2.75) is 0 Å². The number of rotatable bonds is 1. The Bertz CT molecular complexity index is 822. The van der Waals surface area contributed by atoms with Gasteiger partial charge in [0.25, 0.3) is 5.56 Å². The van der Waals surface area contributed by atoms with Crippen molar-refractivity contribution in [3.05, 3.63) is 45.7 Å². The smallest absolute Gasteiger partial charge is 0.289 e. The lowest BCUT2D eigenvalue weighted by atomic mass is 9.96. The molecular formula is C13H9N5O2. The van der Waals surface area contributed by atoms with Gasteiger partial charge in [-0.1, -0.05) is 12.1 Å². The quantitative estimate of drug-likeness (QED) is 0.632. The van der Waals surface area contributed by atoms with E-state index < -0.39 is 5.56 Å². The highest BCUT2D eigenvalue weighted by molar-refractivity contribution is 5.80. The SMILES string of the molecule is N#Cc1c(-c2ccc(O)cc2)c(C#N)c(=O)n(N)c1N. The van der Waals surface area contributed by atoms with Gasteiger partial charge in [0.05, 0.1) is 0 Å². The molecule has 0 saturated heterocycles. The zero-order valence-electron chi connectivity index (χ0n) is 10.2. The molecule has 7 heteroatoms. The number of phenolic OH excluding ortho intramolecular Hbond substituents is 1. The van der Waals surface area contributed by atoms with Crippen molar-refractivity contribution >= 4 is 5.82 Å². The second-order valence-corrected chi connectivity index (χ2v) is 3.96. The molecule has 0 aliphatic rings. The molecule has 0 bridgehead atoms. The molecular weight excluding hydrogens is 258 g/mol. The maximum absolute atomic E-state index is 11.9. The zero-order valence-corrected chi connectivity index (χ0v) is 10.2. The number of nitriles is 2. The van der Waals surface area contributed by atoms with Crippen molar-refractivity contribution in [2.75, 3.05) is 11.6 Å². The van der Waals surface area contributed by atoms with E-state index in [4.69, 9.17) is 16.8 Å². The topological polar surface area (TPSA) is 142 Å². The second-order valence-electron chi connectivity index (χ2n) is 3.96. The third-order valence-corrected chi connectivity index (χ3v) is 2.83. The summed E-state index contributed by atoms with van der Waals surface area (Å²) in [4.78, 5) is 11.9. The fourth-order valence-electron chi connectivity index (χ4n) is 1.84. The van der Waals surface area contributed by atoms with Gasteiger partial charge in [-0.15, -0.1) is 0 Å². The minimum atomic E-state index is -0.785. The summed E-state index contributed by atoms with van der Waals surface area (Å²) in [6.45, 7) is 0. The number of nitrogens with two attached hydrogens (primary N) is 2. The molecule has 98 valence electrons. The fourth-order valence-corrected chi connectivity index (χ4v) is 1.84. The number of hydrogen-bond acceptors (Lipinski definition) is 6. The second kappa shape index (κ2) is 4.67. The van der Waals surface area contributed by atoms with E-state index in [0.717, 1.165) is 0 Å². The molecule has 2 aromatic rings. The Hall–Kier alpha value is -3.45. The van der Waals surface area contributed by atoms with Crippen LogP contribution in [-0.2, 0) is 0 Å². The highest BCUT2D eigenvalue weighted by Crippen LogP contribution is 2.29. The lowest BCUT2D eigenvalue weighted by molar-refractivity contribution is 0.475. The van der Waals surface area contributed by atoms with Crippen molar-refractivity contribution in [3.8, 4) is 29.0 Å². The van der Waals surface area contributed by atoms with Crippen LogP contribution in [0.2, 0.25) is 0 Å². The molecule has 0 saturated carbocycles. The number of anilines is 1. The molecule has 20 heavy (non-hydrogen) atoms. The molecule has 0 spiro atoms. The molecule has 0 unspecified atom stereocenters. The van der Waals surface area contributed by atoms with E-state index in [9.17, 15) is 15.2 Å². The molecule has 0 amide bonds. The number of hydrogen-bond donors (Lipinski definition) is 3. The van der Waals surface area contributed by atoms with Gasteiger partial charge in [0.1, 0.15) is 34.8 Å². The number of benzene rings is 1. The maximum atomic E-state index is 11.9. The van der Waals surface area contributed by atoms with Crippen LogP contribution in [0.4, 0.5) is 5.82 Å². The van der Waals surface area contributed by atoms with Gasteiger partial charge in [0.15, 0.2) is 0 Å². The summed E-state index contributed by atoms with van der Waals surface area (Å²) in [6.07, 6.45) is 0. The minimum absolute atomic E-state index is 0.0194. The molecule has 1 aromatic heterocycles. The van der Waals surface area contributed by atoms with Crippen LogP contribution in [0.15, 0.2) is 29.1 Å². The number of nitrogens with zero attached hydrogens (tertiary/aromatic N) is 3. The number of nitrogen functional groups attached to an aromatic ring is 2. The number of phenols is 1. The Morgan fingerprint density at radius 2 is 1.65 bits per heavy atom. The lowest BCUT2D eigenvalue weighted by Crippen LogP contribution is -2.33. The molecule has 7 nitrogen and oxygen atoms in total. The van der Waals surface area contributed by atoms with E-state index in [1.807, 2.05) is 6.07 Å². The van der Waals surface area contributed by atoms with Gasteiger partial charge in [-0.05, 0) is 17.7 Å². The van der Waals surface area contributed by atoms with E-state index in [1.54, 1.807) is 6.07 Å². The summed E-state index contributed by atoms with van der Waals surface area (Å²) in [7, 11) is 0. The minimum Gasteiger partial charge on any atom is -0.508 e. The predicted octanol–water partition coefficient (Wildman–Crippen LogP) is 0.260. The van der Waals surface area contributed by atoms with Crippen molar-refractivity contribution < 1.29 is 5.11 Å². The van der Waals surface area contributed by atoms with E-state index in [-0.39, 0.29) is 28.3 Å². The summed E-state index contributed by atoms with van der Waals surface area (Å²) in [5, 5.41) is 27.6. The third kappa shape index (κ3) is 1.80. The third-order valence-electron chi connectivity index (χ3n) is 2.83. The zero-order chi connectivity index (χ0) is 14.9. The van der Waals surface area contributed by atoms with E-state index in [1.165, 1.54) is 24.3 Å². The van der Waals surface area contributed by atoms with Crippen molar-refractivity contribution in [1.29, 1.82) is 10.5 Å². The molecule has 1 heterocycles. The van der Waals surface area contributed by atoms with Crippen molar-refractivity contribution in [3.63, 3.8) is 0 Å². The van der Waals surface area contributed by atoms with E-state index in [2.05, 4.69) is 0 Å². The highest BCUT2D eigenvalue weighted by Gasteiger charge is 2.20. The number of aromatic hydroxyl groups is 1. The first-order valence-electron chi connectivity index (χ1n) is 5.44. The number of aromatic nitrogens is 1. The first kappa shape index (κ1) is 13.0. The van der Waals surface area contributed by atoms with Crippen LogP contribution in [0.1, 0.15) is 11.1 Å². The van der Waals surface area contributed by atoms with Crippen molar-refractivity contribution in [2.24, 2.45) is 0 Å². The van der Waals surface area contributed by atoms with E-state index >= 15 is 0 Å². The monoisotopic (exact) mass is 267 g/mol. The van der Waals surface area contributed by atoms with Gasteiger partial charge < -0.3 is 16.7 Å². The van der Waals surface area contributed by atoms with Gasteiger partial charge in [-0.3, -0.25) is 4.79 Å². The molecule has 0 aliphatic carbocycles. The predicted molar refractivity (Wildman–Crippen MR) is 71.8 cm³/mol. The molecule has 0 aliphatic heterocycles. The van der Waals surface area contributed by atoms with Gasteiger partial charge in [-0.2, -0.15) is 10.5 Å². The average molecular weight is 267 g/mol. The van der Waals surface area contributed by atoms with Gasteiger partial charge in [-0.25, -0.2) is 4.68 Å². The molecule has 2 rings (SSSR count). The summed E-state index contributed by atoms with van der Waals surface area (Å²) in [5.74, 6) is 5.24. The Balaban J connectivity index is 2.96. The molecule has 0 fully saturated rings. The van der Waals surface area contributed by atoms with Crippen molar-refractivity contribution in [1.82, 2.24) is 4.68 Å². The van der Waals surface area contributed by atoms with Crippen LogP contribution in [-0.4, -0.2) is 9.78 Å². The van der Waals surface area contributed by atoms with Gasteiger partial charge in [0, 0.05) is 5.56 Å². The highest BCUT2D eigenvalue weighted by atomic mass is 16.3. The van der Waals surface area contributed by atoms with Crippen LogP contribution in [0.3, 0.4) is 0 Å². The number of pyridine rings is 1. The van der Waals surface area contributed by atoms with E-state index in [0.29, 0.717) is 10.2 Å². The fraction of sp³-hybridized carbons (Fsp3) is 0. The Kier molecular flexibility index (Phi) is 3.03.